The van der Waals surface area contributed by atoms with E-state index in [2.05, 4.69) is 5.32 Å². The van der Waals surface area contributed by atoms with Crippen LogP contribution >= 0.6 is 22.9 Å². The maximum Gasteiger partial charge on any atom is 0.267 e. The van der Waals surface area contributed by atoms with Crippen molar-refractivity contribution in [3.05, 3.63) is 51.6 Å². The number of thiophene rings is 1. The minimum absolute atomic E-state index is 0.315. The first-order valence-electron chi connectivity index (χ1n) is 7.36. The number of amides is 1. The lowest BCUT2D eigenvalue weighted by Crippen LogP contribution is -2.12. The Kier molecular flexibility index (Phi) is 4.83. The molecule has 1 amide bonds. The summed E-state index contributed by atoms with van der Waals surface area (Å²) < 4.78 is 24.5. The van der Waals surface area contributed by atoms with Crippen LogP contribution in [0.25, 0.3) is 10.1 Å². The number of benzene rings is 2. The zero-order chi connectivity index (χ0) is 18.1. The number of rotatable bonds is 4. The monoisotopic (exact) mass is 379 g/mol. The molecular formula is C18H15ClFNO3S. The smallest absolute Gasteiger partial charge is 0.267 e. The summed E-state index contributed by atoms with van der Waals surface area (Å²) in [6, 6.07) is 7.72. The van der Waals surface area contributed by atoms with Gasteiger partial charge in [-0.05, 0) is 36.8 Å². The third kappa shape index (κ3) is 3.27. The van der Waals surface area contributed by atoms with Crippen molar-refractivity contribution in [1.82, 2.24) is 0 Å². The second-order valence-electron chi connectivity index (χ2n) is 5.36. The van der Waals surface area contributed by atoms with Crippen molar-refractivity contribution in [1.29, 1.82) is 0 Å². The Morgan fingerprint density at radius 1 is 1.16 bits per heavy atom. The van der Waals surface area contributed by atoms with E-state index in [1.165, 1.54) is 19.2 Å². The summed E-state index contributed by atoms with van der Waals surface area (Å²) in [6.45, 7) is 1.85. The van der Waals surface area contributed by atoms with Crippen LogP contribution in [0.15, 0.2) is 30.3 Å². The molecular weight excluding hydrogens is 365 g/mol. The lowest BCUT2D eigenvalue weighted by molar-refractivity contribution is 0.103. The molecule has 130 valence electrons. The zero-order valence-corrected chi connectivity index (χ0v) is 15.3. The maximum absolute atomic E-state index is 13.4. The average Bonchev–Trinajstić information content (AvgIpc) is 2.92. The van der Waals surface area contributed by atoms with Gasteiger partial charge in [0.1, 0.15) is 10.7 Å². The number of methoxy groups -OCH3 is 2. The summed E-state index contributed by atoms with van der Waals surface area (Å²) in [5.41, 5.74) is 1.40. The molecule has 7 heteroatoms. The van der Waals surface area contributed by atoms with E-state index in [0.29, 0.717) is 37.2 Å². The number of aryl methyl sites for hydroxylation is 1. The molecule has 0 aliphatic heterocycles. The normalized spacial score (nSPS) is 10.8. The van der Waals surface area contributed by atoms with Crippen LogP contribution in [0.3, 0.4) is 0 Å². The van der Waals surface area contributed by atoms with E-state index in [4.69, 9.17) is 21.1 Å². The van der Waals surface area contributed by atoms with Crippen molar-refractivity contribution >= 4 is 44.6 Å². The number of nitrogens with one attached hydrogen (secondary N) is 1. The summed E-state index contributed by atoms with van der Waals surface area (Å²) in [5.74, 6) is 0.358. The molecule has 4 nitrogen and oxygen atoms in total. The van der Waals surface area contributed by atoms with Crippen LogP contribution in [0.1, 0.15) is 15.2 Å². The number of carbonyl (C=O) groups excluding carboxylic acids is 1. The molecule has 0 saturated heterocycles. The molecule has 0 radical (unpaired) electrons. The predicted octanol–water partition coefficient (Wildman–Crippen LogP) is 5.27. The molecule has 0 aliphatic rings. The van der Waals surface area contributed by atoms with Crippen molar-refractivity contribution in [3.8, 4) is 11.5 Å². The summed E-state index contributed by atoms with van der Waals surface area (Å²) in [6.07, 6.45) is 0. The first-order chi connectivity index (χ1) is 11.9. The van der Waals surface area contributed by atoms with E-state index in [1.807, 2.05) is 6.92 Å². The lowest BCUT2D eigenvalue weighted by atomic mass is 10.1. The molecule has 1 heterocycles. The molecule has 0 spiro atoms. The minimum atomic E-state index is -0.367. The molecule has 1 N–H and O–H groups in total. The van der Waals surface area contributed by atoms with Gasteiger partial charge in [-0.25, -0.2) is 4.39 Å². The van der Waals surface area contributed by atoms with Crippen molar-refractivity contribution in [2.24, 2.45) is 0 Å². The Hall–Kier alpha value is -2.31. The van der Waals surface area contributed by atoms with Crippen LogP contribution in [-0.2, 0) is 0 Å². The highest BCUT2D eigenvalue weighted by atomic mass is 35.5. The molecule has 0 atom stereocenters. The molecule has 3 rings (SSSR count). The Morgan fingerprint density at radius 3 is 2.52 bits per heavy atom. The number of fused-ring (bicyclic) bond motifs is 1. The quantitative estimate of drug-likeness (QED) is 0.671. The SMILES string of the molecule is COc1cc(C)c(NC(=O)c2sc3cc(F)ccc3c2Cl)cc1OC. The Morgan fingerprint density at radius 2 is 1.84 bits per heavy atom. The molecule has 0 unspecified atom stereocenters. The van der Waals surface area contributed by atoms with Gasteiger partial charge in [0.05, 0.1) is 19.2 Å². The molecule has 0 saturated carbocycles. The van der Waals surface area contributed by atoms with Crippen LogP contribution < -0.4 is 14.8 Å². The summed E-state index contributed by atoms with van der Waals surface area (Å²) in [5, 5.41) is 3.80. The Labute approximate surface area is 153 Å². The fraction of sp³-hybridized carbons (Fsp3) is 0.167. The summed E-state index contributed by atoms with van der Waals surface area (Å²) >= 11 is 7.45. The van der Waals surface area contributed by atoms with Crippen LogP contribution in [0.4, 0.5) is 10.1 Å². The van der Waals surface area contributed by atoms with Gasteiger partial charge in [-0.3, -0.25) is 4.79 Å². The van der Waals surface area contributed by atoms with Gasteiger partial charge in [-0.2, -0.15) is 0 Å². The molecule has 3 aromatic rings. The van der Waals surface area contributed by atoms with Crippen molar-refractivity contribution < 1.29 is 18.7 Å². The molecule has 1 aromatic heterocycles. The third-order valence-corrected chi connectivity index (χ3v) is 5.43. The molecule has 25 heavy (non-hydrogen) atoms. The minimum Gasteiger partial charge on any atom is -0.493 e. The van der Waals surface area contributed by atoms with Crippen molar-refractivity contribution in [3.63, 3.8) is 0 Å². The van der Waals surface area contributed by atoms with Gasteiger partial charge < -0.3 is 14.8 Å². The fourth-order valence-corrected chi connectivity index (χ4v) is 3.92. The van der Waals surface area contributed by atoms with E-state index in [-0.39, 0.29) is 11.7 Å². The number of halogens is 2. The molecule has 2 aromatic carbocycles. The second kappa shape index (κ2) is 6.90. The largest absolute Gasteiger partial charge is 0.493 e. The Balaban J connectivity index is 1.96. The highest BCUT2D eigenvalue weighted by Crippen LogP contribution is 2.37. The Bertz CT molecular complexity index is 971. The zero-order valence-electron chi connectivity index (χ0n) is 13.8. The van der Waals surface area contributed by atoms with Gasteiger partial charge in [0, 0.05) is 21.8 Å². The maximum atomic E-state index is 13.4. The van der Waals surface area contributed by atoms with Gasteiger partial charge in [-0.15, -0.1) is 11.3 Å². The number of hydrogen-bond acceptors (Lipinski definition) is 4. The number of anilines is 1. The summed E-state index contributed by atoms with van der Waals surface area (Å²) in [4.78, 5) is 13.0. The van der Waals surface area contributed by atoms with Crippen molar-refractivity contribution in [2.75, 3.05) is 19.5 Å². The van der Waals surface area contributed by atoms with Gasteiger partial charge in [-0.1, -0.05) is 11.6 Å². The van der Waals surface area contributed by atoms with E-state index in [9.17, 15) is 9.18 Å². The van der Waals surface area contributed by atoms with Crippen LogP contribution in [-0.4, -0.2) is 20.1 Å². The topological polar surface area (TPSA) is 47.6 Å². The average molecular weight is 380 g/mol. The van der Waals surface area contributed by atoms with Gasteiger partial charge >= 0.3 is 0 Å². The molecule has 0 aliphatic carbocycles. The van der Waals surface area contributed by atoms with Crippen LogP contribution in [0.5, 0.6) is 11.5 Å². The second-order valence-corrected chi connectivity index (χ2v) is 6.79. The number of carbonyl (C=O) groups is 1. The van der Waals surface area contributed by atoms with Gasteiger partial charge in [0.2, 0.25) is 0 Å². The van der Waals surface area contributed by atoms with E-state index >= 15 is 0 Å². The number of hydrogen-bond donors (Lipinski definition) is 1. The van der Waals surface area contributed by atoms with Gasteiger partial charge in [0.25, 0.3) is 5.91 Å². The van der Waals surface area contributed by atoms with Crippen LogP contribution in [0, 0.1) is 12.7 Å². The highest BCUT2D eigenvalue weighted by Gasteiger charge is 2.19. The molecule has 0 fully saturated rings. The van der Waals surface area contributed by atoms with E-state index < -0.39 is 0 Å². The first-order valence-corrected chi connectivity index (χ1v) is 8.55. The first kappa shape index (κ1) is 17.5. The van der Waals surface area contributed by atoms with Crippen LogP contribution in [0.2, 0.25) is 5.02 Å². The number of ether oxygens (including phenoxy) is 2. The fourth-order valence-electron chi connectivity index (χ4n) is 2.48. The van der Waals surface area contributed by atoms with E-state index in [0.717, 1.165) is 16.9 Å². The van der Waals surface area contributed by atoms with E-state index in [1.54, 1.807) is 25.3 Å². The van der Waals surface area contributed by atoms with Crippen molar-refractivity contribution in [2.45, 2.75) is 6.92 Å². The molecule has 0 bridgehead atoms. The summed E-state index contributed by atoms with van der Waals surface area (Å²) in [7, 11) is 3.07. The highest BCUT2D eigenvalue weighted by molar-refractivity contribution is 7.21. The third-order valence-electron chi connectivity index (χ3n) is 3.78. The van der Waals surface area contributed by atoms with Gasteiger partial charge in [0.15, 0.2) is 11.5 Å². The lowest BCUT2D eigenvalue weighted by Gasteiger charge is -2.13. The standard InChI is InChI=1S/C18H15ClFNO3S/c1-9-6-13(23-2)14(24-3)8-12(9)21-18(22)17-16(19)11-5-4-10(20)7-15(11)25-17/h4-8H,1-3H3,(H,21,22). The predicted molar refractivity (Wildman–Crippen MR) is 99.0 cm³/mol.